The van der Waals surface area contributed by atoms with E-state index < -0.39 is 23.5 Å². The summed E-state index contributed by atoms with van der Waals surface area (Å²) in [4.78, 5) is 28.3. The third-order valence-electron chi connectivity index (χ3n) is 6.43. The highest BCUT2D eigenvalue weighted by atomic mass is 19.2. The van der Waals surface area contributed by atoms with Gasteiger partial charge in [-0.15, -0.1) is 0 Å². The fourth-order valence-corrected chi connectivity index (χ4v) is 4.71. The SMILES string of the molecule is CC[C@H]1CC(C(=NC)c2cc(F)c(F)c(F)c2)=C(N)[C@@H](CC)N1C(=O)c1cnc2cccnc2c1. The van der Waals surface area contributed by atoms with E-state index in [9.17, 15) is 18.0 Å². The van der Waals surface area contributed by atoms with Crippen LogP contribution in [0.1, 0.15) is 49.0 Å². The van der Waals surface area contributed by atoms with Crippen LogP contribution in [0.2, 0.25) is 0 Å². The van der Waals surface area contributed by atoms with Gasteiger partial charge in [0.1, 0.15) is 0 Å². The predicted molar refractivity (Wildman–Crippen MR) is 128 cm³/mol. The first-order chi connectivity index (χ1) is 16.8. The number of nitrogens with two attached hydrogens (primary N) is 1. The van der Waals surface area contributed by atoms with E-state index in [1.807, 2.05) is 19.9 Å². The number of rotatable bonds is 5. The van der Waals surface area contributed by atoms with Gasteiger partial charge in [0, 0.05) is 42.3 Å². The van der Waals surface area contributed by atoms with Crippen molar-refractivity contribution >= 4 is 22.7 Å². The standard InChI is InChI=1S/C26H26F3N5O/c1-4-16-12-17(25(31-3)14-9-18(27)23(29)19(28)10-14)24(30)22(5-2)34(16)26(35)15-11-21-20(33-13-15)7-6-8-32-21/h6-11,13,16,22H,4-5,12,30H2,1-3H3/t16-,22+/m0/s1. The topological polar surface area (TPSA) is 84.5 Å². The van der Waals surface area contributed by atoms with Gasteiger partial charge >= 0.3 is 0 Å². The average Bonchev–Trinajstić information content (AvgIpc) is 2.87. The van der Waals surface area contributed by atoms with E-state index in [2.05, 4.69) is 15.0 Å². The summed E-state index contributed by atoms with van der Waals surface area (Å²) in [5, 5.41) is 0. The molecule has 1 aromatic carbocycles. The van der Waals surface area contributed by atoms with Crippen molar-refractivity contribution in [1.29, 1.82) is 0 Å². The Labute approximate surface area is 201 Å². The molecule has 2 aromatic heterocycles. The summed E-state index contributed by atoms with van der Waals surface area (Å²) in [6, 6.07) is 6.41. The molecular formula is C26H26F3N5O. The van der Waals surface area contributed by atoms with Crippen molar-refractivity contribution in [3.63, 3.8) is 0 Å². The minimum absolute atomic E-state index is 0.0936. The Morgan fingerprint density at radius 2 is 1.80 bits per heavy atom. The maximum absolute atomic E-state index is 14.0. The summed E-state index contributed by atoms with van der Waals surface area (Å²) in [5.41, 5.74) is 9.64. The van der Waals surface area contributed by atoms with Gasteiger partial charge in [0.05, 0.1) is 28.4 Å². The first-order valence-corrected chi connectivity index (χ1v) is 11.4. The van der Waals surface area contributed by atoms with Crippen LogP contribution in [0.25, 0.3) is 11.0 Å². The summed E-state index contributed by atoms with van der Waals surface area (Å²) in [6.45, 7) is 3.87. The molecule has 0 radical (unpaired) electrons. The molecule has 1 aliphatic heterocycles. The predicted octanol–water partition coefficient (Wildman–Crippen LogP) is 4.78. The number of benzene rings is 1. The normalized spacial score (nSPS) is 18.9. The van der Waals surface area contributed by atoms with Gasteiger partial charge in [-0.2, -0.15) is 0 Å². The third kappa shape index (κ3) is 4.38. The highest BCUT2D eigenvalue weighted by molar-refractivity contribution is 6.13. The van der Waals surface area contributed by atoms with Gasteiger partial charge in [-0.3, -0.25) is 19.8 Å². The van der Waals surface area contributed by atoms with Crippen molar-refractivity contribution in [2.75, 3.05) is 7.05 Å². The number of carbonyl (C=O) groups excluding carboxylic acids is 1. The van der Waals surface area contributed by atoms with Gasteiger partial charge in [0.25, 0.3) is 5.91 Å². The van der Waals surface area contributed by atoms with Crippen LogP contribution in [0.4, 0.5) is 13.2 Å². The van der Waals surface area contributed by atoms with Gasteiger partial charge in [-0.1, -0.05) is 13.8 Å². The molecule has 0 fully saturated rings. The zero-order chi connectivity index (χ0) is 25.3. The van der Waals surface area contributed by atoms with Gasteiger partial charge < -0.3 is 10.6 Å². The maximum Gasteiger partial charge on any atom is 0.256 e. The van der Waals surface area contributed by atoms with Crippen molar-refractivity contribution in [3.05, 3.63) is 82.6 Å². The van der Waals surface area contributed by atoms with Crippen molar-refractivity contribution in [1.82, 2.24) is 14.9 Å². The molecule has 2 N–H and O–H groups in total. The number of aliphatic imine (C=N–C) groups is 1. The number of fused-ring (bicyclic) bond motifs is 1. The molecule has 0 unspecified atom stereocenters. The lowest BCUT2D eigenvalue weighted by molar-refractivity contribution is 0.0570. The molecule has 3 heterocycles. The summed E-state index contributed by atoms with van der Waals surface area (Å²) < 4.78 is 41.5. The van der Waals surface area contributed by atoms with E-state index in [4.69, 9.17) is 5.73 Å². The van der Waals surface area contributed by atoms with E-state index in [-0.39, 0.29) is 23.2 Å². The molecule has 0 aliphatic carbocycles. The van der Waals surface area contributed by atoms with Crippen LogP contribution >= 0.6 is 0 Å². The fourth-order valence-electron chi connectivity index (χ4n) is 4.71. The van der Waals surface area contributed by atoms with Crippen LogP contribution in [-0.2, 0) is 0 Å². The molecule has 0 saturated heterocycles. The van der Waals surface area contributed by atoms with Crippen LogP contribution in [0.3, 0.4) is 0 Å². The van der Waals surface area contributed by atoms with E-state index in [1.165, 1.54) is 13.2 Å². The van der Waals surface area contributed by atoms with Crippen LogP contribution < -0.4 is 5.73 Å². The first-order valence-electron chi connectivity index (χ1n) is 11.4. The fraction of sp³-hybridized carbons (Fsp3) is 0.308. The number of aromatic nitrogens is 2. The minimum Gasteiger partial charge on any atom is -0.400 e. The molecule has 2 atom stereocenters. The molecular weight excluding hydrogens is 455 g/mol. The zero-order valence-corrected chi connectivity index (χ0v) is 19.7. The molecule has 3 aromatic rings. The van der Waals surface area contributed by atoms with Crippen molar-refractivity contribution in [2.24, 2.45) is 10.7 Å². The molecule has 0 spiro atoms. The summed E-state index contributed by atoms with van der Waals surface area (Å²) in [5.74, 6) is -4.36. The van der Waals surface area contributed by atoms with Crippen LogP contribution in [0.15, 0.2) is 59.0 Å². The second-order valence-corrected chi connectivity index (χ2v) is 8.43. The Morgan fingerprint density at radius 3 is 2.43 bits per heavy atom. The second-order valence-electron chi connectivity index (χ2n) is 8.43. The van der Waals surface area contributed by atoms with Crippen molar-refractivity contribution in [3.8, 4) is 0 Å². The van der Waals surface area contributed by atoms with Gasteiger partial charge in [-0.25, -0.2) is 13.2 Å². The number of hydrogen-bond donors (Lipinski definition) is 1. The van der Waals surface area contributed by atoms with Gasteiger partial charge in [0.2, 0.25) is 0 Å². The Hall–Kier alpha value is -3.75. The highest BCUT2D eigenvalue weighted by Gasteiger charge is 2.38. The number of hydrogen-bond acceptors (Lipinski definition) is 5. The number of nitrogens with zero attached hydrogens (tertiary/aromatic N) is 4. The van der Waals surface area contributed by atoms with E-state index in [1.54, 1.807) is 23.2 Å². The highest BCUT2D eigenvalue weighted by Crippen LogP contribution is 2.33. The van der Waals surface area contributed by atoms with Gasteiger partial charge in [0.15, 0.2) is 17.5 Å². The molecule has 6 nitrogen and oxygen atoms in total. The lowest BCUT2D eigenvalue weighted by Gasteiger charge is -2.43. The summed E-state index contributed by atoms with van der Waals surface area (Å²) in [7, 11) is 1.49. The Kier molecular flexibility index (Phi) is 6.86. The Morgan fingerprint density at radius 1 is 1.09 bits per heavy atom. The molecule has 9 heteroatoms. The van der Waals surface area contributed by atoms with Gasteiger partial charge in [-0.05, 0) is 49.6 Å². The minimum atomic E-state index is -1.54. The average molecular weight is 482 g/mol. The quantitative estimate of drug-likeness (QED) is 0.420. The second kappa shape index (κ2) is 9.85. The Bertz CT molecular complexity index is 1330. The molecule has 0 saturated carbocycles. The Balaban J connectivity index is 1.77. The zero-order valence-electron chi connectivity index (χ0n) is 19.7. The van der Waals surface area contributed by atoms with E-state index in [0.29, 0.717) is 47.1 Å². The number of amides is 1. The third-order valence-corrected chi connectivity index (χ3v) is 6.43. The lowest BCUT2D eigenvalue weighted by atomic mass is 9.85. The first kappa shape index (κ1) is 24.4. The van der Waals surface area contributed by atoms with Crippen LogP contribution in [0.5, 0.6) is 0 Å². The number of pyridine rings is 2. The summed E-state index contributed by atoms with van der Waals surface area (Å²) >= 11 is 0. The van der Waals surface area contributed by atoms with E-state index >= 15 is 0 Å². The molecule has 1 aliphatic rings. The largest absolute Gasteiger partial charge is 0.400 e. The van der Waals surface area contributed by atoms with Crippen molar-refractivity contribution in [2.45, 2.75) is 45.2 Å². The van der Waals surface area contributed by atoms with Crippen molar-refractivity contribution < 1.29 is 18.0 Å². The van der Waals surface area contributed by atoms with E-state index in [0.717, 1.165) is 12.1 Å². The number of carbonyl (C=O) groups is 1. The number of halogens is 3. The lowest BCUT2D eigenvalue weighted by Crippen LogP contribution is -2.53. The molecule has 182 valence electrons. The molecule has 1 amide bonds. The summed E-state index contributed by atoms with van der Waals surface area (Å²) in [6.07, 6.45) is 4.63. The van der Waals surface area contributed by atoms with Crippen LogP contribution in [-0.4, -0.2) is 45.6 Å². The smallest absolute Gasteiger partial charge is 0.256 e. The molecule has 0 bridgehead atoms. The maximum atomic E-state index is 14.0. The monoisotopic (exact) mass is 481 g/mol. The van der Waals surface area contributed by atoms with Crippen LogP contribution in [0, 0.1) is 17.5 Å². The molecule has 4 rings (SSSR count). The molecule has 35 heavy (non-hydrogen) atoms.